The Morgan fingerprint density at radius 2 is 2.04 bits per heavy atom. The number of aliphatic carboxylic acids is 1. The number of hydrogen-bond acceptors (Lipinski definition) is 4. The molecule has 1 aromatic heterocycles. The predicted octanol–water partition coefficient (Wildman–Crippen LogP) is 2.79. The number of halogens is 2. The molecule has 26 heavy (non-hydrogen) atoms. The van der Waals surface area contributed by atoms with Crippen molar-refractivity contribution < 1.29 is 19.4 Å². The highest BCUT2D eigenvalue weighted by atomic mass is 35.5. The Balaban J connectivity index is 1.71. The molecule has 0 atom stereocenters. The minimum Gasteiger partial charge on any atom is -0.481 e. The Morgan fingerprint density at radius 1 is 1.31 bits per heavy atom. The van der Waals surface area contributed by atoms with Gasteiger partial charge in [0, 0.05) is 31.0 Å². The third kappa shape index (κ3) is 3.85. The molecular weight excluding hydrogens is 381 g/mol. The number of hydrogen-bond donors (Lipinski definition) is 2. The lowest BCUT2D eigenvalue weighted by Crippen LogP contribution is -2.46. The molecule has 1 saturated heterocycles. The summed E-state index contributed by atoms with van der Waals surface area (Å²) in [6, 6.07) is 4.95. The summed E-state index contributed by atoms with van der Waals surface area (Å²) in [5, 5.41) is 17.3. The third-order valence-corrected chi connectivity index (χ3v) is 5.03. The van der Waals surface area contributed by atoms with Crippen molar-refractivity contribution in [2.45, 2.75) is 12.8 Å². The van der Waals surface area contributed by atoms with Gasteiger partial charge in [-0.2, -0.15) is 5.10 Å². The second kappa shape index (κ2) is 7.65. The van der Waals surface area contributed by atoms with Crippen LogP contribution in [0.2, 0.25) is 10.0 Å². The molecular formula is C17H17Cl2N3O4. The minimum atomic E-state index is -0.997. The van der Waals surface area contributed by atoms with Crippen LogP contribution in [-0.4, -0.2) is 46.5 Å². The van der Waals surface area contributed by atoms with Gasteiger partial charge in [0.05, 0.1) is 27.9 Å². The van der Waals surface area contributed by atoms with Crippen LogP contribution in [0.3, 0.4) is 0 Å². The van der Waals surface area contributed by atoms with Crippen molar-refractivity contribution in [2.75, 3.05) is 19.8 Å². The number of carbonyl (C=O) groups excluding carboxylic acids is 1. The van der Waals surface area contributed by atoms with E-state index in [9.17, 15) is 14.7 Å². The minimum absolute atomic E-state index is 0.0391. The molecule has 0 aliphatic carbocycles. The van der Waals surface area contributed by atoms with Crippen molar-refractivity contribution in [1.29, 1.82) is 0 Å². The van der Waals surface area contributed by atoms with Gasteiger partial charge in [-0.3, -0.25) is 9.59 Å². The number of nitrogens with one attached hydrogen (secondary N) is 1. The second-order valence-electron chi connectivity index (χ2n) is 6.15. The van der Waals surface area contributed by atoms with Crippen molar-refractivity contribution in [2.24, 2.45) is 5.41 Å². The van der Waals surface area contributed by atoms with E-state index in [-0.39, 0.29) is 6.54 Å². The molecule has 0 saturated carbocycles. The first kappa shape index (κ1) is 18.7. The molecule has 1 fully saturated rings. The SMILES string of the molecule is O=C(NCC1(C(=O)O)CCOCC1)c1cnn(-c2ccc(Cl)cc2Cl)c1. The lowest BCUT2D eigenvalue weighted by Gasteiger charge is -2.33. The van der Waals surface area contributed by atoms with E-state index in [1.54, 1.807) is 18.2 Å². The number of carboxylic acids is 1. The zero-order valence-corrected chi connectivity index (χ0v) is 15.3. The first-order valence-corrected chi connectivity index (χ1v) is 8.76. The van der Waals surface area contributed by atoms with Gasteiger partial charge in [-0.25, -0.2) is 4.68 Å². The molecule has 0 spiro atoms. The third-order valence-electron chi connectivity index (χ3n) is 4.49. The van der Waals surface area contributed by atoms with E-state index in [4.69, 9.17) is 27.9 Å². The Kier molecular flexibility index (Phi) is 5.50. The summed E-state index contributed by atoms with van der Waals surface area (Å²) in [6.45, 7) is 0.780. The molecule has 138 valence electrons. The average molecular weight is 398 g/mol. The molecule has 2 aromatic rings. The number of carbonyl (C=O) groups is 2. The van der Waals surface area contributed by atoms with Gasteiger partial charge in [-0.15, -0.1) is 0 Å². The van der Waals surface area contributed by atoms with E-state index in [0.717, 1.165) is 0 Å². The summed E-state index contributed by atoms with van der Waals surface area (Å²) in [4.78, 5) is 24.0. The quantitative estimate of drug-likeness (QED) is 0.808. The highest BCUT2D eigenvalue weighted by Crippen LogP contribution is 2.30. The molecule has 2 N–H and O–H groups in total. The van der Waals surface area contributed by atoms with Gasteiger partial charge in [-0.1, -0.05) is 23.2 Å². The lowest BCUT2D eigenvalue weighted by molar-refractivity contribution is -0.154. The zero-order valence-electron chi connectivity index (χ0n) is 13.7. The van der Waals surface area contributed by atoms with Crippen LogP contribution in [0.1, 0.15) is 23.2 Å². The first-order chi connectivity index (χ1) is 12.4. The summed E-state index contributed by atoms with van der Waals surface area (Å²) < 4.78 is 6.69. The van der Waals surface area contributed by atoms with E-state index in [2.05, 4.69) is 10.4 Å². The van der Waals surface area contributed by atoms with Crippen molar-refractivity contribution in [3.05, 3.63) is 46.2 Å². The Morgan fingerprint density at radius 3 is 2.69 bits per heavy atom. The Bertz CT molecular complexity index is 831. The highest BCUT2D eigenvalue weighted by Gasteiger charge is 2.40. The topological polar surface area (TPSA) is 93.5 Å². The lowest BCUT2D eigenvalue weighted by atomic mass is 9.80. The highest BCUT2D eigenvalue weighted by molar-refractivity contribution is 6.35. The van der Waals surface area contributed by atoms with Gasteiger partial charge in [0.15, 0.2) is 0 Å². The summed E-state index contributed by atoms with van der Waals surface area (Å²) in [6.07, 6.45) is 3.66. The maximum Gasteiger partial charge on any atom is 0.311 e. The van der Waals surface area contributed by atoms with Crippen molar-refractivity contribution in [1.82, 2.24) is 15.1 Å². The zero-order chi connectivity index (χ0) is 18.7. The first-order valence-electron chi connectivity index (χ1n) is 8.01. The largest absolute Gasteiger partial charge is 0.481 e. The van der Waals surface area contributed by atoms with Crippen LogP contribution in [0.4, 0.5) is 0 Å². The van der Waals surface area contributed by atoms with Crippen LogP contribution in [0, 0.1) is 5.41 Å². The molecule has 1 aliphatic heterocycles. The van der Waals surface area contributed by atoms with Crippen molar-refractivity contribution in [3.63, 3.8) is 0 Å². The molecule has 0 unspecified atom stereocenters. The van der Waals surface area contributed by atoms with Crippen molar-refractivity contribution in [3.8, 4) is 5.69 Å². The molecule has 1 amide bonds. The van der Waals surface area contributed by atoms with Crippen LogP contribution in [-0.2, 0) is 9.53 Å². The smallest absolute Gasteiger partial charge is 0.311 e. The number of aromatic nitrogens is 2. The molecule has 3 rings (SSSR count). The normalized spacial score (nSPS) is 16.2. The van der Waals surface area contributed by atoms with E-state index in [0.29, 0.717) is 47.4 Å². The number of rotatable bonds is 5. The summed E-state index contributed by atoms with van der Waals surface area (Å²) >= 11 is 12.0. The van der Waals surface area contributed by atoms with Gasteiger partial charge < -0.3 is 15.2 Å². The standard InChI is InChI=1S/C17H17Cl2N3O4/c18-12-1-2-14(13(19)7-12)22-9-11(8-21-22)15(23)20-10-17(16(24)25)3-5-26-6-4-17/h1-2,7-9H,3-6,10H2,(H,20,23)(H,24,25). The number of benzene rings is 1. The molecule has 9 heteroatoms. The molecule has 0 bridgehead atoms. The van der Waals surface area contributed by atoms with Crippen LogP contribution >= 0.6 is 23.2 Å². The van der Waals surface area contributed by atoms with Gasteiger partial charge in [-0.05, 0) is 31.0 Å². The van der Waals surface area contributed by atoms with E-state index in [1.807, 2.05) is 0 Å². The van der Waals surface area contributed by atoms with Crippen LogP contribution in [0.5, 0.6) is 0 Å². The van der Waals surface area contributed by atoms with Crippen LogP contribution < -0.4 is 5.32 Å². The fourth-order valence-electron chi connectivity index (χ4n) is 2.82. The molecule has 0 radical (unpaired) electrons. The number of ether oxygens (including phenoxy) is 1. The summed E-state index contributed by atoms with van der Waals surface area (Å²) in [5.74, 6) is -1.32. The fourth-order valence-corrected chi connectivity index (χ4v) is 3.31. The average Bonchev–Trinajstić information content (AvgIpc) is 3.10. The number of amides is 1. The number of carboxylic acid groups (broad SMARTS) is 1. The van der Waals surface area contributed by atoms with Gasteiger partial charge >= 0.3 is 5.97 Å². The fraction of sp³-hybridized carbons (Fsp3) is 0.353. The van der Waals surface area contributed by atoms with Gasteiger partial charge in [0.2, 0.25) is 0 Å². The molecule has 7 nitrogen and oxygen atoms in total. The van der Waals surface area contributed by atoms with Gasteiger partial charge in [0.25, 0.3) is 5.91 Å². The Hall–Kier alpha value is -2.09. The molecule has 2 heterocycles. The van der Waals surface area contributed by atoms with Gasteiger partial charge in [0.1, 0.15) is 0 Å². The number of nitrogens with zero attached hydrogens (tertiary/aromatic N) is 2. The predicted molar refractivity (Wildman–Crippen MR) is 96.0 cm³/mol. The van der Waals surface area contributed by atoms with E-state index >= 15 is 0 Å². The monoisotopic (exact) mass is 397 g/mol. The van der Waals surface area contributed by atoms with Crippen LogP contribution in [0.15, 0.2) is 30.6 Å². The molecule has 1 aliphatic rings. The van der Waals surface area contributed by atoms with E-state index < -0.39 is 17.3 Å². The molecule has 1 aromatic carbocycles. The van der Waals surface area contributed by atoms with Crippen molar-refractivity contribution >= 4 is 35.1 Å². The van der Waals surface area contributed by atoms with E-state index in [1.165, 1.54) is 17.1 Å². The second-order valence-corrected chi connectivity index (χ2v) is 6.99. The maximum absolute atomic E-state index is 12.4. The summed E-state index contributed by atoms with van der Waals surface area (Å²) in [5.41, 5.74) is -0.103. The van der Waals surface area contributed by atoms with Crippen LogP contribution in [0.25, 0.3) is 5.69 Å². The maximum atomic E-state index is 12.4. The summed E-state index contributed by atoms with van der Waals surface area (Å²) in [7, 11) is 0. The Labute approximate surface area is 159 Å².